The van der Waals surface area contributed by atoms with Crippen LogP contribution in [0.3, 0.4) is 0 Å². The van der Waals surface area contributed by atoms with Crippen LogP contribution in [0, 0.1) is 0 Å². The van der Waals surface area contributed by atoms with Gasteiger partial charge in [0, 0.05) is 44.8 Å². The second kappa shape index (κ2) is 11.5. The minimum absolute atomic E-state index is 0.266. The maximum absolute atomic E-state index is 5.23. The zero-order chi connectivity index (χ0) is 36.0. The summed E-state index contributed by atoms with van der Waals surface area (Å²) in [6.07, 6.45) is 1.88. The highest BCUT2D eigenvalue weighted by Gasteiger charge is 2.36. The summed E-state index contributed by atoms with van der Waals surface area (Å²) < 4.78 is 2.29. The number of hydrogen-bond donors (Lipinski definition) is 0. The Bertz CT molecular complexity index is 3090. The predicted molar refractivity (Wildman–Crippen MR) is 221 cm³/mol. The molecule has 10 aromatic rings. The maximum Gasteiger partial charge on any atom is 0.164 e. The number of fused-ring (bicyclic) bond motifs is 9. The number of pyridine rings is 1. The molecular formula is C49H33N5. The minimum Gasteiger partial charge on any atom is -0.294 e. The van der Waals surface area contributed by atoms with Crippen molar-refractivity contribution in [3.8, 4) is 51.0 Å². The summed E-state index contributed by atoms with van der Waals surface area (Å²) >= 11 is 0. The number of rotatable bonds is 4. The van der Waals surface area contributed by atoms with Gasteiger partial charge in [0.25, 0.3) is 0 Å². The second-order valence-corrected chi connectivity index (χ2v) is 14.7. The quantitative estimate of drug-likeness (QED) is 0.172. The lowest BCUT2D eigenvalue weighted by Crippen LogP contribution is -2.15. The molecule has 7 aromatic carbocycles. The second-order valence-electron chi connectivity index (χ2n) is 14.7. The standard InChI is InChI=1S/C49H33N5/c1-49(2)42-28-32(22-25-37(42)38-26-23-33(29-43(38)49)54-44-20-9-8-16-39(44)41-19-11-27-50-48(41)54)46-51-45(31-13-4-3-5-14-31)52-47(53-46)40-18-10-17-35-34-15-7-6-12-30(34)21-24-36(35)40/h3-29H,1-2H3. The maximum atomic E-state index is 5.23. The van der Waals surface area contributed by atoms with Crippen molar-refractivity contribution >= 4 is 43.5 Å². The minimum atomic E-state index is -0.266. The number of nitrogens with zero attached hydrogens (tertiary/aromatic N) is 5. The Morgan fingerprint density at radius 1 is 0.444 bits per heavy atom. The molecule has 0 saturated carbocycles. The van der Waals surface area contributed by atoms with Crippen LogP contribution in [-0.4, -0.2) is 24.5 Å². The molecule has 3 aromatic heterocycles. The van der Waals surface area contributed by atoms with Gasteiger partial charge in [-0.1, -0.05) is 135 Å². The molecule has 0 bridgehead atoms. The molecule has 0 spiro atoms. The topological polar surface area (TPSA) is 56.5 Å². The molecule has 0 aliphatic heterocycles. The Labute approximate surface area is 312 Å². The lowest BCUT2D eigenvalue weighted by Gasteiger charge is -2.23. The third kappa shape index (κ3) is 4.51. The summed E-state index contributed by atoms with van der Waals surface area (Å²) in [5.74, 6) is 1.97. The van der Waals surface area contributed by atoms with E-state index in [2.05, 4.69) is 152 Å². The molecule has 5 nitrogen and oxygen atoms in total. The molecule has 0 unspecified atom stereocenters. The summed E-state index contributed by atoms with van der Waals surface area (Å²) in [6.45, 7) is 4.65. The van der Waals surface area contributed by atoms with Crippen molar-refractivity contribution in [1.82, 2.24) is 24.5 Å². The van der Waals surface area contributed by atoms with Gasteiger partial charge in [-0.15, -0.1) is 0 Å². The number of aromatic nitrogens is 5. The van der Waals surface area contributed by atoms with Crippen LogP contribution in [0.15, 0.2) is 164 Å². The van der Waals surface area contributed by atoms with Gasteiger partial charge in [-0.25, -0.2) is 19.9 Å². The number of para-hydroxylation sites is 1. The summed E-state index contributed by atoms with van der Waals surface area (Å²) in [6, 6.07) is 55.8. The molecule has 0 atom stereocenters. The number of benzene rings is 7. The Morgan fingerprint density at radius 2 is 1.13 bits per heavy atom. The smallest absolute Gasteiger partial charge is 0.164 e. The molecule has 0 N–H and O–H groups in total. The molecule has 3 heterocycles. The van der Waals surface area contributed by atoms with Crippen molar-refractivity contribution < 1.29 is 0 Å². The van der Waals surface area contributed by atoms with Crippen LogP contribution in [0.5, 0.6) is 0 Å². The van der Waals surface area contributed by atoms with E-state index >= 15 is 0 Å². The molecule has 1 aliphatic rings. The van der Waals surface area contributed by atoms with E-state index < -0.39 is 0 Å². The van der Waals surface area contributed by atoms with Crippen LogP contribution < -0.4 is 0 Å². The van der Waals surface area contributed by atoms with E-state index in [4.69, 9.17) is 19.9 Å². The summed E-state index contributed by atoms with van der Waals surface area (Å²) in [7, 11) is 0. The zero-order valence-electron chi connectivity index (χ0n) is 29.8. The van der Waals surface area contributed by atoms with Crippen LogP contribution in [0.2, 0.25) is 0 Å². The van der Waals surface area contributed by atoms with Crippen LogP contribution in [0.1, 0.15) is 25.0 Å². The Balaban J connectivity index is 1.06. The molecule has 0 saturated heterocycles. The van der Waals surface area contributed by atoms with Crippen LogP contribution in [-0.2, 0) is 5.41 Å². The SMILES string of the molecule is CC1(C)c2cc(-c3nc(-c4ccccc4)nc(-c4cccc5c4ccc4ccccc45)n3)ccc2-c2ccc(-n3c4ccccc4c4cccnc43)cc21. The van der Waals surface area contributed by atoms with Crippen molar-refractivity contribution in [3.63, 3.8) is 0 Å². The first-order chi connectivity index (χ1) is 26.5. The molecule has 5 heteroatoms. The average Bonchev–Trinajstić information content (AvgIpc) is 3.68. The predicted octanol–water partition coefficient (Wildman–Crippen LogP) is 12.0. The van der Waals surface area contributed by atoms with Gasteiger partial charge in [0.15, 0.2) is 17.5 Å². The van der Waals surface area contributed by atoms with Crippen molar-refractivity contribution in [2.45, 2.75) is 19.3 Å². The first kappa shape index (κ1) is 30.6. The van der Waals surface area contributed by atoms with E-state index in [1.807, 2.05) is 30.5 Å². The first-order valence-corrected chi connectivity index (χ1v) is 18.4. The average molecular weight is 692 g/mol. The van der Waals surface area contributed by atoms with Gasteiger partial charge >= 0.3 is 0 Å². The summed E-state index contributed by atoms with van der Waals surface area (Å²) in [5.41, 5.74) is 10.9. The van der Waals surface area contributed by atoms with Crippen molar-refractivity contribution in [3.05, 3.63) is 175 Å². The van der Waals surface area contributed by atoms with Crippen molar-refractivity contribution in [2.24, 2.45) is 0 Å². The van der Waals surface area contributed by atoms with Gasteiger partial charge in [0.1, 0.15) is 5.65 Å². The Morgan fingerprint density at radius 3 is 2.00 bits per heavy atom. The Hall–Kier alpha value is -6.98. The van der Waals surface area contributed by atoms with Gasteiger partial charge in [-0.3, -0.25) is 4.57 Å². The molecule has 0 radical (unpaired) electrons. The normalized spacial score (nSPS) is 13.1. The molecule has 1 aliphatic carbocycles. The summed E-state index contributed by atoms with van der Waals surface area (Å²) in [4.78, 5) is 20.3. The fourth-order valence-corrected chi connectivity index (χ4v) is 8.64. The van der Waals surface area contributed by atoms with Gasteiger partial charge in [0.05, 0.1) is 5.52 Å². The highest BCUT2D eigenvalue weighted by molar-refractivity contribution is 6.12. The lowest BCUT2D eigenvalue weighted by atomic mass is 9.82. The van der Waals surface area contributed by atoms with Crippen LogP contribution >= 0.6 is 0 Å². The Kier molecular flexibility index (Phi) is 6.53. The van der Waals surface area contributed by atoms with E-state index in [0.29, 0.717) is 17.5 Å². The van der Waals surface area contributed by atoms with Gasteiger partial charge in [-0.05, 0) is 80.2 Å². The molecule has 11 rings (SSSR count). The van der Waals surface area contributed by atoms with E-state index in [1.54, 1.807) is 0 Å². The van der Waals surface area contributed by atoms with Crippen molar-refractivity contribution in [2.75, 3.05) is 0 Å². The molecular weight excluding hydrogens is 659 g/mol. The fourth-order valence-electron chi connectivity index (χ4n) is 8.64. The van der Waals surface area contributed by atoms with E-state index in [9.17, 15) is 0 Å². The molecule has 0 amide bonds. The zero-order valence-corrected chi connectivity index (χ0v) is 29.8. The van der Waals surface area contributed by atoms with E-state index in [-0.39, 0.29) is 5.41 Å². The molecule has 254 valence electrons. The van der Waals surface area contributed by atoms with Gasteiger partial charge in [-0.2, -0.15) is 0 Å². The molecule has 0 fully saturated rings. The molecule has 54 heavy (non-hydrogen) atoms. The third-order valence-electron chi connectivity index (χ3n) is 11.3. The highest BCUT2D eigenvalue weighted by Crippen LogP contribution is 2.50. The third-order valence-corrected chi connectivity index (χ3v) is 11.3. The fraction of sp³-hybridized carbons (Fsp3) is 0.0612. The van der Waals surface area contributed by atoms with Gasteiger partial charge in [0.2, 0.25) is 0 Å². The monoisotopic (exact) mass is 691 g/mol. The van der Waals surface area contributed by atoms with E-state index in [1.165, 1.54) is 43.8 Å². The largest absolute Gasteiger partial charge is 0.294 e. The van der Waals surface area contributed by atoms with E-state index in [0.717, 1.165) is 44.3 Å². The van der Waals surface area contributed by atoms with Crippen LogP contribution in [0.25, 0.3) is 94.5 Å². The lowest BCUT2D eigenvalue weighted by molar-refractivity contribution is 0.660. The van der Waals surface area contributed by atoms with Crippen molar-refractivity contribution in [1.29, 1.82) is 0 Å². The first-order valence-electron chi connectivity index (χ1n) is 18.4. The van der Waals surface area contributed by atoms with Crippen LogP contribution in [0.4, 0.5) is 0 Å². The van der Waals surface area contributed by atoms with Gasteiger partial charge < -0.3 is 0 Å². The highest BCUT2D eigenvalue weighted by atomic mass is 15.0. The number of hydrogen-bond acceptors (Lipinski definition) is 4. The summed E-state index contributed by atoms with van der Waals surface area (Å²) in [5, 5.41) is 7.09.